The SMILES string of the molecule is CCCNC(CN1CC2CCC(C1)O2)C(N)=O. The normalized spacial score (nSPS) is 30.4. The van der Waals surface area contributed by atoms with Crippen LogP contribution < -0.4 is 11.1 Å². The number of likely N-dealkylation sites (tertiary alicyclic amines) is 1. The first-order valence-corrected chi connectivity index (χ1v) is 6.59. The fourth-order valence-electron chi connectivity index (χ4n) is 2.68. The molecule has 0 aliphatic carbocycles. The van der Waals surface area contributed by atoms with Crippen molar-refractivity contribution in [1.82, 2.24) is 10.2 Å². The van der Waals surface area contributed by atoms with E-state index >= 15 is 0 Å². The third-order valence-electron chi connectivity index (χ3n) is 3.54. The number of carbonyl (C=O) groups excluding carboxylic acids is 1. The van der Waals surface area contributed by atoms with Crippen LogP contribution in [0, 0.1) is 0 Å². The minimum absolute atomic E-state index is 0.229. The number of nitrogens with one attached hydrogen (secondary N) is 1. The molecule has 0 aromatic carbocycles. The summed E-state index contributed by atoms with van der Waals surface area (Å²) in [5.74, 6) is -0.253. The van der Waals surface area contributed by atoms with Crippen molar-refractivity contribution in [3.63, 3.8) is 0 Å². The molecule has 2 rings (SSSR count). The highest BCUT2D eigenvalue weighted by Gasteiger charge is 2.34. The van der Waals surface area contributed by atoms with Gasteiger partial charge in [-0.2, -0.15) is 0 Å². The highest BCUT2D eigenvalue weighted by Crippen LogP contribution is 2.26. The van der Waals surface area contributed by atoms with Crippen LogP contribution in [-0.2, 0) is 9.53 Å². The number of ether oxygens (including phenoxy) is 1. The van der Waals surface area contributed by atoms with Gasteiger partial charge in [0.15, 0.2) is 0 Å². The molecule has 2 bridgehead atoms. The molecule has 1 amide bonds. The summed E-state index contributed by atoms with van der Waals surface area (Å²) >= 11 is 0. The number of hydrogen-bond donors (Lipinski definition) is 2. The van der Waals surface area contributed by atoms with Crippen molar-refractivity contribution in [3.8, 4) is 0 Å². The van der Waals surface area contributed by atoms with E-state index < -0.39 is 0 Å². The van der Waals surface area contributed by atoms with E-state index in [1.54, 1.807) is 0 Å². The predicted octanol–water partition coefficient (Wildman–Crippen LogP) is -0.297. The molecule has 0 saturated carbocycles. The fourth-order valence-corrected chi connectivity index (χ4v) is 2.68. The molecule has 5 heteroatoms. The Hall–Kier alpha value is -0.650. The quantitative estimate of drug-likeness (QED) is 0.670. The van der Waals surface area contributed by atoms with Gasteiger partial charge in [0.05, 0.1) is 18.2 Å². The molecule has 2 heterocycles. The van der Waals surface area contributed by atoms with Gasteiger partial charge >= 0.3 is 0 Å². The number of nitrogens with two attached hydrogens (primary N) is 1. The molecule has 2 aliphatic heterocycles. The van der Waals surface area contributed by atoms with Crippen LogP contribution in [0.2, 0.25) is 0 Å². The molecule has 2 saturated heterocycles. The molecule has 98 valence electrons. The van der Waals surface area contributed by atoms with Crippen molar-refractivity contribution in [1.29, 1.82) is 0 Å². The molecule has 0 aromatic rings. The number of nitrogens with zero attached hydrogens (tertiary/aromatic N) is 1. The van der Waals surface area contributed by atoms with Gasteiger partial charge in [0.25, 0.3) is 0 Å². The minimum atomic E-state index is -0.253. The van der Waals surface area contributed by atoms with E-state index in [9.17, 15) is 4.79 Å². The molecular formula is C12H23N3O2. The number of amides is 1. The first-order valence-electron chi connectivity index (χ1n) is 6.59. The maximum atomic E-state index is 11.4. The van der Waals surface area contributed by atoms with E-state index in [2.05, 4.69) is 17.1 Å². The average Bonchev–Trinajstić information content (AvgIpc) is 2.63. The second kappa shape index (κ2) is 5.80. The molecule has 5 nitrogen and oxygen atoms in total. The lowest BCUT2D eigenvalue weighted by Gasteiger charge is -2.34. The van der Waals surface area contributed by atoms with Crippen LogP contribution in [-0.4, -0.2) is 55.2 Å². The Kier molecular flexibility index (Phi) is 4.36. The Balaban J connectivity index is 1.83. The van der Waals surface area contributed by atoms with Crippen molar-refractivity contribution < 1.29 is 9.53 Å². The van der Waals surface area contributed by atoms with E-state index in [-0.39, 0.29) is 11.9 Å². The van der Waals surface area contributed by atoms with Gasteiger partial charge in [0.1, 0.15) is 0 Å². The van der Waals surface area contributed by atoms with Crippen LogP contribution in [0.25, 0.3) is 0 Å². The van der Waals surface area contributed by atoms with E-state index in [0.717, 1.165) is 38.9 Å². The number of carbonyl (C=O) groups is 1. The minimum Gasteiger partial charge on any atom is -0.372 e. The number of primary amides is 1. The van der Waals surface area contributed by atoms with Gasteiger partial charge in [0, 0.05) is 19.6 Å². The highest BCUT2D eigenvalue weighted by molar-refractivity contribution is 5.80. The highest BCUT2D eigenvalue weighted by atomic mass is 16.5. The fraction of sp³-hybridized carbons (Fsp3) is 0.917. The lowest BCUT2D eigenvalue weighted by molar-refractivity contribution is -0.121. The number of rotatable bonds is 6. The zero-order valence-corrected chi connectivity index (χ0v) is 10.5. The standard InChI is InChI=1S/C12H23N3O2/c1-2-5-14-11(12(13)16)8-15-6-9-3-4-10(7-15)17-9/h9-11,14H,2-8H2,1H3,(H2,13,16). The van der Waals surface area contributed by atoms with Crippen LogP contribution in [0.5, 0.6) is 0 Å². The summed E-state index contributed by atoms with van der Waals surface area (Å²) in [5.41, 5.74) is 5.42. The Morgan fingerprint density at radius 1 is 1.47 bits per heavy atom. The monoisotopic (exact) mass is 241 g/mol. The zero-order chi connectivity index (χ0) is 12.3. The third kappa shape index (κ3) is 3.40. The first kappa shape index (κ1) is 12.8. The molecule has 0 radical (unpaired) electrons. The van der Waals surface area contributed by atoms with Crippen molar-refractivity contribution in [2.24, 2.45) is 5.73 Å². The molecule has 2 fully saturated rings. The van der Waals surface area contributed by atoms with Crippen LogP contribution in [0.15, 0.2) is 0 Å². The Morgan fingerprint density at radius 2 is 2.12 bits per heavy atom. The molecule has 3 atom stereocenters. The molecule has 17 heavy (non-hydrogen) atoms. The molecule has 3 unspecified atom stereocenters. The summed E-state index contributed by atoms with van der Waals surface area (Å²) in [6, 6.07) is -0.229. The van der Waals surface area contributed by atoms with Crippen LogP contribution in [0.1, 0.15) is 26.2 Å². The van der Waals surface area contributed by atoms with Crippen LogP contribution in [0.3, 0.4) is 0 Å². The van der Waals surface area contributed by atoms with E-state index in [4.69, 9.17) is 10.5 Å². The van der Waals surface area contributed by atoms with Crippen molar-refractivity contribution >= 4 is 5.91 Å². The summed E-state index contributed by atoms with van der Waals surface area (Å²) in [5, 5.41) is 3.21. The molecular weight excluding hydrogens is 218 g/mol. The third-order valence-corrected chi connectivity index (χ3v) is 3.54. The van der Waals surface area contributed by atoms with Gasteiger partial charge < -0.3 is 15.8 Å². The second-order valence-electron chi connectivity index (χ2n) is 5.09. The topological polar surface area (TPSA) is 67.6 Å². The summed E-state index contributed by atoms with van der Waals surface area (Å²) in [6.45, 7) is 5.51. The first-order chi connectivity index (χ1) is 8.19. The van der Waals surface area contributed by atoms with E-state index in [0.29, 0.717) is 18.8 Å². The van der Waals surface area contributed by atoms with Gasteiger partial charge in [-0.3, -0.25) is 9.69 Å². The van der Waals surface area contributed by atoms with Gasteiger partial charge in [-0.05, 0) is 25.8 Å². The lowest BCUT2D eigenvalue weighted by atomic mass is 10.2. The van der Waals surface area contributed by atoms with Gasteiger partial charge in [-0.1, -0.05) is 6.92 Å². The summed E-state index contributed by atoms with van der Waals surface area (Å²) in [4.78, 5) is 13.7. The number of morpholine rings is 1. The molecule has 0 aromatic heterocycles. The maximum Gasteiger partial charge on any atom is 0.235 e. The zero-order valence-electron chi connectivity index (χ0n) is 10.5. The Morgan fingerprint density at radius 3 is 2.65 bits per heavy atom. The van der Waals surface area contributed by atoms with Gasteiger partial charge in [-0.15, -0.1) is 0 Å². The smallest absolute Gasteiger partial charge is 0.235 e. The number of fused-ring (bicyclic) bond motifs is 2. The van der Waals surface area contributed by atoms with Crippen molar-refractivity contribution in [2.75, 3.05) is 26.2 Å². The number of hydrogen-bond acceptors (Lipinski definition) is 4. The maximum absolute atomic E-state index is 11.4. The lowest BCUT2D eigenvalue weighted by Crippen LogP contribution is -2.53. The predicted molar refractivity (Wildman–Crippen MR) is 65.6 cm³/mol. The van der Waals surface area contributed by atoms with Gasteiger partial charge in [0.2, 0.25) is 5.91 Å². The van der Waals surface area contributed by atoms with E-state index in [1.807, 2.05) is 0 Å². The van der Waals surface area contributed by atoms with Crippen molar-refractivity contribution in [3.05, 3.63) is 0 Å². The molecule has 3 N–H and O–H groups in total. The summed E-state index contributed by atoms with van der Waals surface area (Å²) in [7, 11) is 0. The van der Waals surface area contributed by atoms with Crippen molar-refractivity contribution in [2.45, 2.75) is 44.4 Å². The Labute approximate surface area is 103 Å². The average molecular weight is 241 g/mol. The Bertz CT molecular complexity index is 260. The second-order valence-corrected chi connectivity index (χ2v) is 5.09. The molecule has 2 aliphatic rings. The van der Waals surface area contributed by atoms with Gasteiger partial charge in [-0.25, -0.2) is 0 Å². The molecule has 0 spiro atoms. The van der Waals surface area contributed by atoms with E-state index in [1.165, 1.54) is 0 Å². The van der Waals surface area contributed by atoms with Crippen LogP contribution >= 0.6 is 0 Å². The van der Waals surface area contributed by atoms with Crippen LogP contribution in [0.4, 0.5) is 0 Å². The largest absolute Gasteiger partial charge is 0.372 e. The summed E-state index contributed by atoms with van der Waals surface area (Å²) < 4.78 is 5.77. The summed E-state index contributed by atoms with van der Waals surface area (Å²) in [6.07, 6.45) is 4.06.